The van der Waals surface area contributed by atoms with E-state index in [0.29, 0.717) is 18.1 Å². The molecule has 0 aliphatic carbocycles. The van der Waals surface area contributed by atoms with E-state index in [2.05, 4.69) is 55.5 Å². The second kappa shape index (κ2) is 7.21. The molecule has 0 fully saturated rings. The molecule has 1 atom stereocenters. The number of H-pyrrole nitrogens is 2. The quantitative estimate of drug-likeness (QED) is 0.575. The fraction of sp³-hybridized carbons (Fsp3) is 0.300. The Labute approximate surface area is 159 Å². The Morgan fingerprint density at radius 2 is 1.81 bits per heavy atom. The molecule has 1 unspecified atom stereocenters. The van der Waals surface area contributed by atoms with Gasteiger partial charge in [-0.05, 0) is 48.4 Å². The molecule has 26 heavy (non-hydrogen) atoms. The topological polar surface area (TPSA) is 77.8 Å². The molecule has 134 valence electrons. The molecule has 5 nitrogen and oxygen atoms in total. The Kier molecular flexibility index (Phi) is 4.78. The molecule has 0 bridgehead atoms. The number of aromatic amines is 2. The van der Waals surface area contributed by atoms with Gasteiger partial charge in [0.1, 0.15) is 0 Å². The van der Waals surface area contributed by atoms with Crippen LogP contribution in [0.25, 0.3) is 11.0 Å². The zero-order valence-electron chi connectivity index (χ0n) is 14.3. The van der Waals surface area contributed by atoms with Gasteiger partial charge in [0.15, 0.2) is 0 Å². The molecule has 6 heteroatoms. The molecule has 0 amide bonds. The van der Waals surface area contributed by atoms with Gasteiger partial charge in [-0.2, -0.15) is 0 Å². The maximum Gasteiger partial charge on any atom is 0.314 e. The summed E-state index contributed by atoms with van der Waals surface area (Å²) in [4.78, 5) is 28.7. The normalized spacial score (nSPS) is 16.6. The van der Waals surface area contributed by atoms with E-state index in [1.807, 2.05) is 12.1 Å². The zero-order valence-corrected chi connectivity index (χ0v) is 15.9. The molecular weight excluding hydrogens is 394 g/mol. The largest absolute Gasteiger partial charge is 0.316 e. The minimum absolute atomic E-state index is 0.412. The molecule has 2 aromatic carbocycles. The summed E-state index contributed by atoms with van der Waals surface area (Å²) < 4.78 is 0.984. The van der Waals surface area contributed by atoms with E-state index < -0.39 is 11.1 Å². The third-order valence-corrected chi connectivity index (χ3v) is 5.77. The van der Waals surface area contributed by atoms with E-state index >= 15 is 0 Å². The summed E-state index contributed by atoms with van der Waals surface area (Å²) in [5.41, 5.74) is 3.80. The lowest BCUT2D eigenvalue weighted by Gasteiger charge is -2.28. The van der Waals surface area contributed by atoms with Gasteiger partial charge in [0.25, 0.3) is 0 Å². The number of hydrogen-bond acceptors (Lipinski definition) is 3. The lowest BCUT2D eigenvalue weighted by molar-refractivity contribution is 0.441. The van der Waals surface area contributed by atoms with E-state index in [0.717, 1.165) is 41.2 Å². The number of fused-ring (bicyclic) bond motifs is 3. The van der Waals surface area contributed by atoms with E-state index in [-0.39, 0.29) is 0 Å². The predicted octanol–water partition coefficient (Wildman–Crippen LogP) is 3.02. The summed E-state index contributed by atoms with van der Waals surface area (Å²) in [7, 11) is 0. The first-order valence-corrected chi connectivity index (χ1v) is 9.65. The molecule has 2 heterocycles. The lowest BCUT2D eigenvalue weighted by atomic mass is 9.91. The minimum Gasteiger partial charge on any atom is -0.316 e. The Morgan fingerprint density at radius 3 is 2.62 bits per heavy atom. The van der Waals surface area contributed by atoms with Crippen molar-refractivity contribution in [2.24, 2.45) is 0 Å². The molecule has 1 aliphatic heterocycles. The summed E-state index contributed by atoms with van der Waals surface area (Å²) in [6.45, 7) is 0.684. The van der Waals surface area contributed by atoms with Crippen LogP contribution in [0.5, 0.6) is 0 Å². The van der Waals surface area contributed by atoms with Gasteiger partial charge in [-0.15, -0.1) is 0 Å². The summed E-state index contributed by atoms with van der Waals surface area (Å²) >= 11 is 3.64. The van der Waals surface area contributed by atoms with Gasteiger partial charge in [-0.3, -0.25) is 9.59 Å². The van der Waals surface area contributed by atoms with Crippen LogP contribution < -0.4 is 16.4 Å². The maximum absolute atomic E-state index is 11.7. The number of hydrogen-bond donors (Lipinski definition) is 3. The van der Waals surface area contributed by atoms with Gasteiger partial charge in [0.05, 0.1) is 11.0 Å². The SMILES string of the molecule is O=c1[nH]c2cc(Br)c3c(c2[nH]c1=O)CNC(CCCc1ccccc1)C3. The number of rotatable bonds is 4. The van der Waals surface area contributed by atoms with Crippen molar-refractivity contribution in [1.82, 2.24) is 15.3 Å². The van der Waals surface area contributed by atoms with Crippen molar-refractivity contribution in [3.8, 4) is 0 Å². The van der Waals surface area contributed by atoms with E-state index in [1.54, 1.807) is 0 Å². The van der Waals surface area contributed by atoms with E-state index in [1.165, 1.54) is 11.1 Å². The summed E-state index contributed by atoms with van der Waals surface area (Å²) in [5.74, 6) is 0. The van der Waals surface area contributed by atoms with Gasteiger partial charge in [0.2, 0.25) is 0 Å². The Hall–Kier alpha value is -2.18. The van der Waals surface area contributed by atoms with Crippen LogP contribution in [-0.4, -0.2) is 16.0 Å². The second-order valence-electron chi connectivity index (χ2n) is 6.81. The highest BCUT2D eigenvalue weighted by atomic mass is 79.9. The highest BCUT2D eigenvalue weighted by molar-refractivity contribution is 9.10. The predicted molar refractivity (Wildman–Crippen MR) is 107 cm³/mol. The lowest BCUT2D eigenvalue weighted by Crippen LogP contribution is -2.37. The van der Waals surface area contributed by atoms with E-state index in [9.17, 15) is 9.59 Å². The Bertz CT molecular complexity index is 1060. The van der Waals surface area contributed by atoms with Gasteiger partial charge in [0, 0.05) is 17.1 Å². The van der Waals surface area contributed by atoms with Gasteiger partial charge in [-0.25, -0.2) is 0 Å². The first-order chi connectivity index (χ1) is 12.6. The molecule has 3 N–H and O–H groups in total. The second-order valence-corrected chi connectivity index (χ2v) is 7.66. The highest BCUT2D eigenvalue weighted by Crippen LogP contribution is 2.31. The summed E-state index contributed by atoms with van der Waals surface area (Å²) in [6.07, 6.45) is 4.22. The van der Waals surface area contributed by atoms with Crippen LogP contribution in [0.2, 0.25) is 0 Å². The zero-order chi connectivity index (χ0) is 18.1. The molecule has 1 aromatic heterocycles. The summed E-state index contributed by atoms with van der Waals surface area (Å²) in [6, 6.07) is 12.8. The standard InChI is InChI=1S/C20H20BrN3O2/c21-16-10-17-18(24-20(26)19(25)23-17)15-11-22-13(9-14(15)16)8-4-7-12-5-2-1-3-6-12/h1-3,5-6,10,13,22H,4,7-9,11H2,(H,23,25)(H,24,26). The molecule has 3 aromatic rings. The first kappa shape index (κ1) is 17.2. The average Bonchev–Trinajstić information content (AvgIpc) is 2.65. The van der Waals surface area contributed by atoms with Crippen LogP contribution in [0.15, 0.2) is 50.5 Å². The third-order valence-electron chi connectivity index (χ3n) is 5.07. The summed E-state index contributed by atoms with van der Waals surface area (Å²) in [5, 5.41) is 3.58. The van der Waals surface area contributed by atoms with Crippen molar-refractivity contribution in [3.05, 3.63) is 78.3 Å². The number of aromatic nitrogens is 2. The first-order valence-electron chi connectivity index (χ1n) is 8.85. The number of halogens is 1. The fourth-order valence-electron chi connectivity index (χ4n) is 3.72. The molecule has 0 spiro atoms. The number of aryl methyl sites for hydroxylation is 1. The van der Waals surface area contributed by atoms with Crippen LogP contribution >= 0.6 is 15.9 Å². The molecular formula is C20H20BrN3O2. The van der Waals surface area contributed by atoms with Crippen molar-refractivity contribution in [2.45, 2.75) is 38.3 Å². The average molecular weight is 414 g/mol. The molecule has 0 saturated heterocycles. The van der Waals surface area contributed by atoms with Crippen LogP contribution in [0, 0.1) is 0 Å². The van der Waals surface area contributed by atoms with Crippen LogP contribution in [-0.2, 0) is 19.4 Å². The number of benzene rings is 2. The van der Waals surface area contributed by atoms with Crippen molar-refractivity contribution in [1.29, 1.82) is 0 Å². The monoisotopic (exact) mass is 413 g/mol. The van der Waals surface area contributed by atoms with Crippen LogP contribution in [0.3, 0.4) is 0 Å². The van der Waals surface area contributed by atoms with Crippen molar-refractivity contribution in [2.75, 3.05) is 0 Å². The van der Waals surface area contributed by atoms with Gasteiger partial charge >= 0.3 is 11.1 Å². The highest BCUT2D eigenvalue weighted by Gasteiger charge is 2.23. The third kappa shape index (κ3) is 3.39. The van der Waals surface area contributed by atoms with Crippen LogP contribution in [0.4, 0.5) is 0 Å². The smallest absolute Gasteiger partial charge is 0.314 e. The molecule has 0 saturated carbocycles. The van der Waals surface area contributed by atoms with Crippen molar-refractivity contribution >= 4 is 27.0 Å². The molecule has 0 radical (unpaired) electrons. The maximum atomic E-state index is 11.7. The van der Waals surface area contributed by atoms with E-state index in [4.69, 9.17) is 0 Å². The molecule has 1 aliphatic rings. The fourth-order valence-corrected chi connectivity index (χ4v) is 4.35. The number of nitrogens with one attached hydrogen (secondary N) is 3. The Morgan fingerprint density at radius 1 is 1.04 bits per heavy atom. The Balaban J connectivity index is 1.53. The molecule has 4 rings (SSSR count). The van der Waals surface area contributed by atoms with Gasteiger partial charge < -0.3 is 15.3 Å². The van der Waals surface area contributed by atoms with Crippen LogP contribution in [0.1, 0.15) is 29.5 Å². The van der Waals surface area contributed by atoms with Crippen molar-refractivity contribution < 1.29 is 0 Å². The minimum atomic E-state index is -0.619. The van der Waals surface area contributed by atoms with Crippen molar-refractivity contribution in [3.63, 3.8) is 0 Å². The van der Waals surface area contributed by atoms with Gasteiger partial charge in [-0.1, -0.05) is 46.3 Å².